The van der Waals surface area contributed by atoms with Gasteiger partial charge in [-0.25, -0.2) is 9.78 Å². The molecule has 2 aromatic carbocycles. The summed E-state index contributed by atoms with van der Waals surface area (Å²) >= 11 is 5.10. The van der Waals surface area contributed by atoms with Crippen LogP contribution in [0.1, 0.15) is 58.6 Å². The summed E-state index contributed by atoms with van der Waals surface area (Å²) in [6.45, 7) is 13.6. The molecule has 0 saturated carbocycles. The molecule has 8 heteroatoms. The number of fused-ring (bicyclic) bond motifs is 1. The highest BCUT2D eigenvalue weighted by molar-refractivity contribution is 9.10. The van der Waals surface area contributed by atoms with Gasteiger partial charge in [0.2, 0.25) is 0 Å². The van der Waals surface area contributed by atoms with Gasteiger partial charge in [0.05, 0.1) is 16.6 Å². The number of hydrogen-bond acceptors (Lipinski definition) is 5. The van der Waals surface area contributed by atoms with E-state index in [9.17, 15) is 9.59 Å². The number of rotatable bonds is 5. The lowest BCUT2D eigenvalue weighted by atomic mass is 10.0. The SMILES string of the molecule is CCSc1ccc(C(C)C)cc1N(C(=O)OC(C)(C)C)n1cnc2cc(C)c(Br)cc2c1=O. The molecule has 1 amide bonds. The van der Waals surface area contributed by atoms with E-state index in [4.69, 9.17) is 4.74 Å². The van der Waals surface area contributed by atoms with E-state index in [1.165, 1.54) is 16.0 Å². The van der Waals surface area contributed by atoms with Crippen molar-refractivity contribution < 1.29 is 9.53 Å². The molecule has 1 aromatic heterocycles. The van der Waals surface area contributed by atoms with Gasteiger partial charge in [-0.3, -0.25) is 4.79 Å². The summed E-state index contributed by atoms with van der Waals surface area (Å²) in [7, 11) is 0. The van der Waals surface area contributed by atoms with Crippen molar-refractivity contribution in [3.8, 4) is 0 Å². The third-order valence-corrected chi connectivity index (χ3v) is 6.78. The Morgan fingerprint density at radius 3 is 2.55 bits per heavy atom. The summed E-state index contributed by atoms with van der Waals surface area (Å²) in [6, 6.07) is 9.60. The molecule has 0 unspecified atom stereocenters. The predicted octanol–water partition coefficient (Wildman–Crippen LogP) is 6.91. The van der Waals surface area contributed by atoms with E-state index in [1.807, 2.05) is 32.0 Å². The second-order valence-electron chi connectivity index (χ2n) is 9.12. The number of anilines is 1. The molecule has 0 fully saturated rings. The topological polar surface area (TPSA) is 64.4 Å². The van der Waals surface area contributed by atoms with Gasteiger partial charge in [0.1, 0.15) is 11.9 Å². The van der Waals surface area contributed by atoms with Crippen LogP contribution in [0, 0.1) is 6.92 Å². The van der Waals surface area contributed by atoms with Crippen LogP contribution in [-0.2, 0) is 4.74 Å². The molecule has 0 aliphatic rings. The molecule has 0 aliphatic carbocycles. The van der Waals surface area contributed by atoms with Crippen LogP contribution in [-0.4, -0.2) is 27.1 Å². The first-order valence-corrected chi connectivity index (χ1v) is 12.7. The lowest BCUT2D eigenvalue weighted by Gasteiger charge is -2.29. The molecule has 6 nitrogen and oxygen atoms in total. The number of nitrogens with zero attached hydrogens (tertiary/aromatic N) is 3. The van der Waals surface area contributed by atoms with E-state index in [0.717, 1.165) is 26.2 Å². The fraction of sp³-hybridized carbons (Fsp3) is 0.400. The van der Waals surface area contributed by atoms with E-state index < -0.39 is 11.7 Å². The molecule has 3 aromatic rings. The molecule has 3 rings (SSSR count). The lowest BCUT2D eigenvalue weighted by Crippen LogP contribution is -2.45. The molecule has 0 bridgehead atoms. The average molecular weight is 533 g/mol. The van der Waals surface area contributed by atoms with Crippen LogP contribution in [0.3, 0.4) is 0 Å². The fourth-order valence-corrected chi connectivity index (χ4v) is 4.44. The molecule has 0 atom stereocenters. The van der Waals surface area contributed by atoms with Crippen LogP contribution < -0.4 is 10.6 Å². The van der Waals surface area contributed by atoms with Crippen molar-refractivity contribution in [3.05, 3.63) is 62.6 Å². The molecular formula is C25H30BrN3O3S. The quantitative estimate of drug-likeness (QED) is 0.334. The minimum absolute atomic E-state index is 0.246. The Balaban J connectivity index is 2.32. The number of halogens is 1. The van der Waals surface area contributed by atoms with Gasteiger partial charge in [-0.2, -0.15) is 9.69 Å². The highest BCUT2D eigenvalue weighted by Crippen LogP contribution is 2.34. The number of ether oxygens (including phenoxy) is 1. The van der Waals surface area contributed by atoms with Gasteiger partial charge in [-0.1, -0.05) is 42.8 Å². The molecule has 0 radical (unpaired) electrons. The zero-order valence-corrected chi connectivity index (χ0v) is 22.5. The molecule has 176 valence electrons. The lowest BCUT2D eigenvalue weighted by molar-refractivity contribution is 0.0561. The number of aromatic nitrogens is 2. The Morgan fingerprint density at radius 2 is 1.94 bits per heavy atom. The first kappa shape index (κ1) is 25.3. The first-order chi connectivity index (χ1) is 15.4. The summed E-state index contributed by atoms with van der Waals surface area (Å²) < 4.78 is 7.79. The summed E-state index contributed by atoms with van der Waals surface area (Å²) in [5.74, 6) is 1.06. The molecule has 0 saturated heterocycles. The third kappa shape index (κ3) is 5.61. The van der Waals surface area contributed by atoms with Crippen LogP contribution in [0.2, 0.25) is 0 Å². The van der Waals surface area contributed by atoms with Gasteiger partial charge in [0, 0.05) is 9.37 Å². The van der Waals surface area contributed by atoms with Gasteiger partial charge in [0.25, 0.3) is 5.56 Å². The monoisotopic (exact) mass is 531 g/mol. The van der Waals surface area contributed by atoms with Crippen molar-refractivity contribution in [1.82, 2.24) is 9.66 Å². The molecule has 1 heterocycles. The number of carbonyl (C=O) groups excluding carboxylic acids is 1. The summed E-state index contributed by atoms with van der Waals surface area (Å²) in [6.07, 6.45) is 0.750. The number of thioether (sulfide) groups is 1. The van der Waals surface area contributed by atoms with E-state index in [1.54, 1.807) is 38.6 Å². The largest absolute Gasteiger partial charge is 0.442 e. The maximum atomic E-state index is 13.6. The van der Waals surface area contributed by atoms with Crippen molar-refractivity contribution >= 4 is 50.4 Å². The Labute approximate surface area is 207 Å². The minimum Gasteiger partial charge on any atom is -0.442 e. The fourth-order valence-electron chi connectivity index (χ4n) is 3.32. The maximum Gasteiger partial charge on any atom is 0.434 e. The van der Waals surface area contributed by atoms with E-state index in [-0.39, 0.29) is 11.5 Å². The van der Waals surface area contributed by atoms with Gasteiger partial charge in [-0.15, -0.1) is 11.8 Å². The average Bonchev–Trinajstić information content (AvgIpc) is 2.71. The Bertz CT molecular complexity index is 1250. The van der Waals surface area contributed by atoms with Gasteiger partial charge >= 0.3 is 6.09 Å². The zero-order valence-electron chi connectivity index (χ0n) is 20.1. The highest BCUT2D eigenvalue weighted by atomic mass is 79.9. The number of amides is 1. The predicted molar refractivity (Wildman–Crippen MR) is 139 cm³/mol. The molecule has 0 N–H and O–H groups in total. The smallest absolute Gasteiger partial charge is 0.434 e. The van der Waals surface area contributed by atoms with Gasteiger partial charge in [0.15, 0.2) is 0 Å². The van der Waals surface area contributed by atoms with Crippen molar-refractivity contribution in [2.45, 2.75) is 64.9 Å². The summed E-state index contributed by atoms with van der Waals surface area (Å²) in [4.78, 5) is 32.5. The molecular weight excluding hydrogens is 502 g/mol. The highest BCUT2D eigenvalue weighted by Gasteiger charge is 2.29. The Kier molecular flexibility index (Phi) is 7.59. The van der Waals surface area contributed by atoms with Crippen LogP contribution in [0.25, 0.3) is 10.9 Å². The van der Waals surface area contributed by atoms with Crippen molar-refractivity contribution in [2.75, 3.05) is 10.8 Å². The third-order valence-electron chi connectivity index (χ3n) is 4.98. The van der Waals surface area contributed by atoms with Crippen molar-refractivity contribution in [2.24, 2.45) is 0 Å². The number of benzene rings is 2. The zero-order chi connectivity index (χ0) is 24.5. The summed E-state index contributed by atoms with van der Waals surface area (Å²) in [5, 5.41) is 1.71. The number of hydrogen-bond donors (Lipinski definition) is 0. The van der Waals surface area contributed by atoms with Crippen molar-refractivity contribution in [3.63, 3.8) is 0 Å². The second kappa shape index (κ2) is 9.89. The van der Waals surface area contributed by atoms with E-state index in [0.29, 0.717) is 16.6 Å². The molecule has 0 spiro atoms. The second-order valence-corrected chi connectivity index (χ2v) is 11.3. The first-order valence-electron chi connectivity index (χ1n) is 10.9. The number of carbonyl (C=O) groups is 1. The standard InChI is InChI=1S/C25H30BrN3O3S/c1-8-33-22-10-9-17(15(2)3)12-21(22)29(24(31)32-25(5,6)7)28-14-27-20-11-16(4)19(26)13-18(20)23(28)30/h9-15H,8H2,1-7H3. The van der Waals surface area contributed by atoms with Crippen LogP contribution in [0.4, 0.5) is 10.5 Å². The molecule has 0 aliphatic heterocycles. The summed E-state index contributed by atoms with van der Waals surface area (Å²) in [5.41, 5.74) is 2.10. The normalized spacial score (nSPS) is 11.8. The Morgan fingerprint density at radius 1 is 1.24 bits per heavy atom. The van der Waals surface area contributed by atoms with Crippen LogP contribution in [0.5, 0.6) is 0 Å². The van der Waals surface area contributed by atoms with Gasteiger partial charge in [-0.05, 0) is 74.8 Å². The van der Waals surface area contributed by atoms with Crippen LogP contribution >= 0.6 is 27.7 Å². The van der Waals surface area contributed by atoms with Crippen molar-refractivity contribution in [1.29, 1.82) is 0 Å². The number of aryl methyl sites for hydroxylation is 1. The van der Waals surface area contributed by atoms with Gasteiger partial charge < -0.3 is 4.74 Å². The van der Waals surface area contributed by atoms with Crippen LogP contribution in [0.15, 0.2) is 50.8 Å². The van der Waals surface area contributed by atoms with E-state index >= 15 is 0 Å². The Hall–Kier alpha value is -2.32. The minimum atomic E-state index is -0.739. The van der Waals surface area contributed by atoms with E-state index in [2.05, 4.69) is 40.8 Å². The maximum absolute atomic E-state index is 13.6. The molecule has 33 heavy (non-hydrogen) atoms.